The quantitative estimate of drug-likeness (QED) is 0.384. The number of likely N-dealkylation sites (tertiary alicyclic amines) is 1. The molecular weight excluding hydrogens is 524 g/mol. The molecule has 1 fully saturated rings. The summed E-state index contributed by atoms with van der Waals surface area (Å²) in [4.78, 5) is 17.8. The molecule has 1 N–H and O–H groups in total. The number of halogens is 4. The van der Waals surface area contributed by atoms with E-state index in [0.29, 0.717) is 36.5 Å². The van der Waals surface area contributed by atoms with Crippen LogP contribution in [0.5, 0.6) is 0 Å². The van der Waals surface area contributed by atoms with Crippen molar-refractivity contribution in [3.8, 4) is 0 Å². The first-order chi connectivity index (χ1) is 16.3. The minimum atomic E-state index is -0.845. The lowest BCUT2D eigenvalue weighted by molar-refractivity contribution is 0.0876. The number of carbonyl (C=O) groups is 1. The lowest BCUT2D eigenvalue weighted by atomic mass is 9.88. The highest BCUT2D eigenvalue weighted by atomic mass is 79.9. The topological polar surface area (TPSA) is 35.6 Å². The Morgan fingerprint density at radius 1 is 1.00 bits per heavy atom. The van der Waals surface area contributed by atoms with E-state index in [1.54, 1.807) is 18.2 Å². The Balaban J connectivity index is 1.47. The molecule has 1 amide bonds. The van der Waals surface area contributed by atoms with Crippen molar-refractivity contribution in [2.24, 2.45) is 0 Å². The van der Waals surface area contributed by atoms with Gasteiger partial charge in [0.2, 0.25) is 0 Å². The van der Waals surface area contributed by atoms with E-state index < -0.39 is 17.3 Å². The summed E-state index contributed by atoms with van der Waals surface area (Å²) in [5.74, 6) is -1.75. The van der Waals surface area contributed by atoms with E-state index in [2.05, 4.69) is 26.1 Å². The average molecular weight is 547 g/mol. The third-order valence-electron chi connectivity index (χ3n) is 6.89. The zero-order valence-corrected chi connectivity index (χ0v) is 20.8. The number of hydrogen-bond donors (Lipinski definition) is 1. The van der Waals surface area contributed by atoms with Gasteiger partial charge in [0.25, 0.3) is 5.91 Å². The van der Waals surface area contributed by atoms with Crippen LogP contribution < -0.4 is 10.2 Å². The predicted octanol–water partition coefficient (Wildman–Crippen LogP) is 7.01. The van der Waals surface area contributed by atoms with E-state index in [-0.39, 0.29) is 11.9 Å². The third kappa shape index (κ3) is 4.10. The number of piperidine rings is 1. The van der Waals surface area contributed by atoms with E-state index in [1.165, 1.54) is 12.1 Å². The Morgan fingerprint density at radius 3 is 2.38 bits per heavy atom. The molecule has 1 saturated heterocycles. The van der Waals surface area contributed by atoms with E-state index in [9.17, 15) is 13.6 Å². The van der Waals surface area contributed by atoms with E-state index >= 15 is 0 Å². The Labute approximate surface area is 210 Å². The standard InChI is InChI=1S/C26H23BrClF2N3O/c1-16(17-2-9-22(29)23(30)14-17)32-12-10-26(11-13-32)31-24-15-18(27)3-8-21(24)25(34)33(26)20-6-4-19(28)5-7-20/h2-9,14-16,31H,10-13H2,1H3. The van der Waals surface area contributed by atoms with Crippen molar-refractivity contribution in [2.45, 2.75) is 31.5 Å². The number of carbonyl (C=O) groups excluding carboxylic acids is 1. The lowest BCUT2D eigenvalue weighted by Gasteiger charge is -2.53. The Morgan fingerprint density at radius 2 is 1.71 bits per heavy atom. The summed E-state index contributed by atoms with van der Waals surface area (Å²) in [6.45, 7) is 3.34. The van der Waals surface area contributed by atoms with Gasteiger partial charge < -0.3 is 5.32 Å². The highest BCUT2D eigenvalue weighted by molar-refractivity contribution is 9.10. The molecule has 176 valence electrons. The van der Waals surface area contributed by atoms with Crippen LogP contribution in [-0.2, 0) is 0 Å². The van der Waals surface area contributed by atoms with Crippen molar-refractivity contribution in [3.05, 3.63) is 92.9 Å². The van der Waals surface area contributed by atoms with Crippen LogP contribution in [0.25, 0.3) is 0 Å². The molecule has 3 aromatic rings. The SMILES string of the molecule is CC(c1ccc(F)c(F)c1)N1CCC2(CC1)Nc1cc(Br)ccc1C(=O)N2c1ccc(Cl)cc1. The monoisotopic (exact) mass is 545 g/mol. The molecule has 3 aromatic carbocycles. The first-order valence-corrected chi connectivity index (χ1v) is 12.3. The second-order valence-corrected chi connectivity index (χ2v) is 10.2. The molecule has 1 atom stereocenters. The largest absolute Gasteiger partial charge is 0.362 e. The van der Waals surface area contributed by atoms with Crippen LogP contribution >= 0.6 is 27.5 Å². The van der Waals surface area contributed by atoms with Crippen molar-refractivity contribution in [1.29, 1.82) is 0 Å². The van der Waals surface area contributed by atoms with Crippen LogP contribution in [0.1, 0.15) is 41.7 Å². The third-order valence-corrected chi connectivity index (χ3v) is 7.64. The molecule has 2 aliphatic heterocycles. The van der Waals surface area contributed by atoms with Crippen molar-refractivity contribution in [1.82, 2.24) is 4.90 Å². The number of anilines is 2. The molecular formula is C26H23BrClF2N3O. The minimum Gasteiger partial charge on any atom is -0.362 e. The van der Waals surface area contributed by atoms with Gasteiger partial charge in [-0.25, -0.2) is 8.78 Å². The summed E-state index contributed by atoms with van der Waals surface area (Å²) < 4.78 is 28.1. The van der Waals surface area contributed by atoms with Crippen LogP contribution in [0.15, 0.2) is 65.1 Å². The van der Waals surface area contributed by atoms with Crippen molar-refractivity contribution >= 4 is 44.8 Å². The first kappa shape index (κ1) is 23.3. The molecule has 0 aliphatic carbocycles. The normalized spacial score (nSPS) is 18.5. The first-order valence-electron chi connectivity index (χ1n) is 11.1. The van der Waals surface area contributed by atoms with Crippen molar-refractivity contribution in [2.75, 3.05) is 23.3 Å². The summed E-state index contributed by atoms with van der Waals surface area (Å²) in [5, 5.41) is 4.27. The molecule has 4 nitrogen and oxygen atoms in total. The summed E-state index contributed by atoms with van der Waals surface area (Å²) in [6.07, 6.45) is 1.31. The maximum absolute atomic E-state index is 13.8. The van der Waals surface area contributed by atoms with Crippen LogP contribution in [0.2, 0.25) is 5.02 Å². The number of nitrogens with zero attached hydrogens (tertiary/aromatic N) is 2. The molecule has 0 aromatic heterocycles. The Bertz CT molecular complexity index is 1250. The van der Waals surface area contributed by atoms with Gasteiger partial charge in [0, 0.05) is 52.8 Å². The maximum atomic E-state index is 13.8. The zero-order valence-electron chi connectivity index (χ0n) is 18.5. The van der Waals surface area contributed by atoms with Gasteiger partial charge in [0.15, 0.2) is 11.6 Å². The zero-order chi connectivity index (χ0) is 24.0. The van der Waals surface area contributed by atoms with Crippen molar-refractivity contribution < 1.29 is 13.6 Å². The fourth-order valence-electron chi connectivity index (χ4n) is 5.00. The molecule has 34 heavy (non-hydrogen) atoms. The summed E-state index contributed by atoms with van der Waals surface area (Å²) in [7, 11) is 0. The fourth-order valence-corrected chi connectivity index (χ4v) is 5.48. The van der Waals surface area contributed by atoms with Gasteiger partial charge in [-0.15, -0.1) is 0 Å². The molecule has 8 heteroatoms. The molecule has 5 rings (SSSR count). The van der Waals surface area contributed by atoms with Gasteiger partial charge in [0.05, 0.1) is 5.56 Å². The smallest absolute Gasteiger partial charge is 0.262 e. The van der Waals surface area contributed by atoms with Crippen LogP contribution in [0, 0.1) is 11.6 Å². The van der Waals surface area contributed by atoms with Gasteiger partial charge in [-0.2, -0.15) is 0 Å². The van der Waals surface area contributed by atoms with E-state index in [1.807, 2.05) is 42.2 Å². The number of rotatable bonds is 3. The highest BCUT2D eigenvalue weighted by Crippen LogP contribution is 2.42. The van der Waals surface area contributed by atoms with Gasteiger partial charge in [-0.05, 0) is 67.1 Å². The molecule has 0 saturated carbocycles. The molecule has 1 spiro atoms. The number of fused-ring (bicyclic) bond motifs is 1. The molecule has 2 heterocycles. The fraction of sp³-hybridized carbons (Fsp3) is 0.269. The Hall–Kier alpha value is -2.48. The lowest BCUT2D eigenvalue weighted by Crippen LogP contribution is -2.64. The molecule has 1 unspecified atom stereocenters. The number of nitrogens with one attached hydrogen (secondary N) is 1. The minimum absolute atomic E-state index is 0.0642. The van der Waals surface area contributed by atoms with E-state index in [0.717, 1.165) is 21.4 Å². The van der Waals surface area contributed by atoms with Crippen LogP contribution in [0.4, 0.5) is 20.2 Å². The van der Waals surface area contributed by atoms with Gasteiger partial charge in [0.1, 0.15) is 5.66 Å². The van der Waals surface area contributed by atoms with Gasteiger partial charge in [-0.1, -0.05) is 33.6 Å². The highest BCUT2D eigenvalue weighted by Gasteiger charge is 2.47. The molecule has 0 radical (unpaired) electrons. The summed E-state index contributed by atoms with van der Waals surface area (Å²) >= 11 is 9.63. The molecule has 2 aliphatic rings. The number of hydrogen-bond acceptors (Lipinski definition) is 3. The van der Waals surface area contributed by atoms with Crippen LogP contribution in [0.3, 0.4) is 0 Å². The second-order valence-electron chi connectivity index (χ2n) is 8.85. The van der Waals surface area contributed by atoms with Gasteiger partial charge >= 0.3 is 0 Å². The second kappa shape index (κ2) is 8.95. The predicted molar refractivity (Wildman–Crippen MR) is 134 cm³/mol. The van der Waals surface area contributed by atoms with Gasteiger partial charge in [-0.3, -0.25) is 14.6 Å². The van der Waals surface area contributed by atoms with Crippen molar-refractivity contribution in [3.63, 3.8) is 0 Å². The average Bonchev–Trinajstić information content (AvgIpc) is 2.82. The Kier molecular flexibility index (Phi) is 6.12. The number of amides is 1. The molecule has 0 bridgehead atoms. The van der Waals surface area contributed by atoms with Crippen LogP contribution in [-0.4, -0.2) is 29.6 Å². The van der Waals surface area contributed by atoms with E-state index in [4.69, 9.17) is 11.6 Å². The summed E-state index contributed by atoms with van der Waals surface area (Å²) in [6, 6.07) is 16.9. The summed E-state index contributed by atoms with van der Waals surface area (Å²) in [5.41, 5.74) is 2.29. The number of benzene rings is 3. The maximum Gasteiger partial charge on any atom is 0.262 e.